The van der Waals surface area contributed by atoms with Gasteiger partial charge in [0.1, 0.15) is 11.6 Å². The van der Waals surface area contributed by atoms with Crippen molar-refractivity contribution in [3.63, 3.8) is 0 Å². The number of para-hydroxylation sites is 1. The molecule has 7 aromatic carbocycles. The number of rotatable bonds is 9. The average molecular weight is 1090 g/mol. The molecule has 0 amide bonds. The Hall–Kier alpha value is -6.35. The summed E-state index contributed by atoms with van der Waals surface area (Å²) in [5.41, 5.74) is 0.573. The summed E-state index contributed by atoms with van der Waals surface area (Å²) in [6.45, 7) is 0.00924. The minimum atomic E-state index is -3.96. The number of pyridine rings is 1. The first-order chi connectivity index (χ1) is 39.8. The predicted molar refractivity (Wildman–Crippen MR) is 282 cm³/mol. The largest absolute Gasteiger partial charge is 0.507 e. The van der Waals surface area contributed by atoms with Crippen LogP contribution in [0.4, 0.5) is 0 Å². The van der Waals surface area contributed by atoms with Gasteiger partial charge in [-0.15, -0.1) is 23.8 Å². The van der Waals surface area contributed by atoms with Gasteiger partial charge < -0.3 is 5.11 Å². The van der Waals surface area contributed by atoms with E-state index in [2.05, 4.69) is 31.8 Å². The Balaban J connectivity index is 0.00000982. The van der Waals surface area contributed by atoms with Crippen LogP contribution in [0.3, 0.4) is 0 Å². The van der Waals surface area contributed by atoms with Crippen LogP contribution in [0.25, 0.3) is 83.9 Å². The molecule has 0 aliphatic rings. The summed E-state index contributed by atoms with van der Waals surface area (Å²) >= 11 is 0. The number of hydrogen-bond donors (Lipinski definition) is 1. The number of hydrogen-bond acceptors (Lipinski definition) is 3. The fraction of sp³-hybridized carbons (Fsp3) is 0.238. The zero-order valence-electron chi connectivity index (χ0n) is 57.7. The summed E-state index contributed by atoms with van der Waals surface area (Å²) in [6, 6.07) is 31.6. The Bertz CT molecular complexity index is 4070. The van der Waals surface area contributed by atoms with Gasteiger partial charge in [-0.2, -0.15) is 0 Å². The van der Waals surface area contributed by atoms with Gasteiger partial charge in [0.05, 0.1) is 31.9 Å². The molecule has 0 aliphatic carbocycles. The summed E-state index contributed by atoms with van der Waals surface area (Å²) in [5, 5.41) is 12.5. The quantitative estimate of drug-likeness (QED) is 0.147. The number of imidazole rings is 1. The van der Waals surface area contributed by atoms with Crippen molar-refractivity contribution in [2.45, 2.75) is 98.5 Å². The third-order valence-electron chi connectivity index (χ3n) is 12.0. The number of benzene rings is 7. The van der Waals surface area contributed by atoms with E-state index in [0.717, 1.165) is 11.1 Å². The molecule has 0 radical (unpaired) electrons. The van der Waals surface area contributed by atoms with Crippen LogP contribution in [0.1, 0.15) is 135 Å². The molecule has 5 heteroatoms. The molecule has 1 N–H and O–H groups in total. The number of nitrogens with zero attached hydrogens (tertiary/aromatic N) is 3. The maximum Gasteiger partial charge on any atom is 0.148 e. The first kappa shape index (κ1) is 29.5. The second-order valence-electron chi connectivity index (χ2n) is 18.6. The molecule has 0 fully saturated rings. The monoisotopic (exact) mass is 1090 g/mol. The molecule has 0 spiro atoms. The smallest absolute Gasteiger partial charge is 0.148 e. The molecule has 0 saturated heterocycles. The summed E-state index contributed by atoms with van der Waals surface area (Å²) in [7, 11) is 0. The van der Waals surface area contributed by atoms with Gasteiger partial charge in [-0.25, -0.2) is 4.98 Å². The van der Waals surface area contributed by atoms with Crippen LogP contribution >= 0.6 is 0 Å². The molecule has 9 aromatic rings. The number of aromatic hydroxyl groups is 1. The predicted octanol–water partition coefficient (Wildman–Crippen LogP) is 17.1. The number of aryl methyl sites for hydroxylation is 1. The van der Waals surface area contributed by atoms with Crippen molar-refractivity contribution in [1.82, 2.24) is 14.5 Å². The molecule has 0 unspecified atom stereocenters. The van der Waals surface area contributed by atoms with Crippen LogP contribution in [0.2, 0.25) is 0 Å². The fourth-order valence-corrected chi connectivity index (χ4v) is 8.31. The summed E-state index contributed by atoms with van der Waals surface area (Å²) in [4.78, 5) is 9.82. The first-order valence-electron chi connectivity index (χ1n) is 31.7. The van der Waals surface area contributed by atoms with Crippen molar-refractivity contribution < 1.29 is 52.2 Å². The van der Waals surface area contributed by atoms with Crippen molar-refractivity contribution in [2.24, 2.45) is 0 Å². The molecule has 2 heterocycles. The normalized spacial score (nSPS) is 16.8. The summed E-state index contributed by atoms with van der Waals surface area (Å²) in [6.07, 6.45) is -0.795. The SMILES string of the molecule is [2H]c1nc(-c2[c-]c(-c3cccc4c3nc(-c3cc(C(C)C)cc(C(C)C)c3O)n4-c3ccc(C([2H])([2H])[2H])cc3-c3ccc(C(C)(C)C)cc3)cc(-c3ccccc3)c2)c([2H])c(-c2c([2H])c([2H])c(C(C([2H])([2H])[2H])(C([2H])([2H])[2H])C([2H])([2H])[2H])c([2H])c2[2H])c1[2H].[Pt]. The van der Waals surface area contributed by atoms with E-state index in [1.54, 1.807) is 36.4 Å². The van der Waals surface area contributed by atoms with E-state index >= 15 is 0 Å². The average Bonchev–Trinajstić information content (AvgIpc) is 1.07. The maximum atomic E-state index is 12.5. The zero-order valence-corrected chi connectivity index (χ0v) is 41.0. The molecule has 0 aliphatic heterocycles. The minimum absolute atomic E-state index is 0. The van der Waals surface area contributed by atoms with Crippen molar-refractivity contribution in [1.29, 1.82) is 0 Å². The topological polar surface area (TPSA) is 50.9 Å². The van der Waals surface area contributed by atoms with E-state index in [1.165, 1.54) is 0 Å². The molecule has 346 valence electrons. The van der Waals surface area contributed by atoms with Crippen molar-refractivity contribution in [3.8, 4) is 78.6 Å². The zero-order chi connectivity index (χ0) is 63.5. The van der Waals surface area contributed by atoms with Gasteiger partial charge in [-0.3, -0.25) is 9.55 Å². The molecular formula is C63H62N3OPt-. The van der Waals surface area contributed by atoms with Gasteiger partial charge in [-0.1, -0.05) is 200 Å². The number of phenols is 1. The van der Waals surface area contributed by atoms with E-state index in [9.17, 15) is 9.22 Å². The van der Waals surface area contributed by atoms with Crippen LogP contribution < -0.4 is 0 Å². The number of phenolic OH excluding ortho intramolecular Hbond substituents is 1. The van der Waals surface area contributed by atoms with E-state index in [4.69, 9.17) is 26.9 Å². The molecule has 0 saturated carbocycles. The summed E-state index contributed by atoms with van der Waals surface area (Å²) < 4.78 is 166. The van der Waals surface area contributed by atoms with Crippen molar-refractivity contribution in [2.75, 3.05) is 0 Å². The third kappa shape index (κ3) is 9.54. The molecule has 68 heavy (non-hydrogen) atoms. The van der Waals surface area contributed by atoms with Crippen LogP contribution in [-0.2, 0) is 31.9 Å². The molecule has 0 atom stereocenters. The standard InChI is InChI=1S/C63H62N3O.Pt/c1-39(2)46-36-53(40(3)4)60(67)55(37-46)61-65-59-52(18-15-19-58(59)66(61)57-29-20-41(5)32-54(57)44-23-27-51(28-24-44)63(9,10)11)48-33-47(42-16-13-12-14-17-42)34-49(35-48)56-38-45(30-31-64-56)43-21-25-50(26-22-43)62(6,7)8;/h12-34,36-40,67H,1-11H3;/q-1;/i5D3,6D3,7D3,8D3,21D,22D,25D,26D,30D,31D,38D;. The number of aromatic nitrogens is 3. The van der Waals surface area contributed by atoms with Gasteiger partial charge in [0.25, 0.3) is 0 Å². The fourth-order valence-electron chi connectivity index (χ4n) is 8.31. The Labute approximate surface area is 445 Å². The van der Waals surface area contributed by atoms with E-state index in [0.29, 0.717) is 67.1 Å². The van der Waals surface area contributed by atoms with Crippen LogP contribution in [0.5, 0.6) is 5.75 Å². The van der Waals surface area contributed by atoms with E-state index in [-0.39, 0.29) is 60.9 Å². The van der Waals surface area contributed by atoms with Crippen molar-refractivity contribution in [3.05, 3.63) is 192 Å². The first-order valence-corrected chi connectivity index (χ1v) is 22.2. The van der Waals surface area contributed by atoms with Gasteiger partial charge in [-0.05, 0) is 104 Å². The molecule has 9 rings (SSSR count). The molecule has 0 bridgehead atoms. The molecular weight excluding hydrogens is 1010 g/mol. The van der Waals surface area contributed by atoms with Gasteiger partial charge in [0, 0.05) is 54.9 Å². The third-order valence-corrected chi connectivity index (χ3v) is 12.0. The van der Waals surface area contributed by atoms with Crippen LogP contribution in [-0.4, -0.2) is 19.6 Å². The maximum absolute atomic E-state index is 12.5. The second kappa shape index (κ2) is 19.0. The minimum Gasteiger partial charge on any atom is -0.507 e. The van der Waals surface area contributed by atoms with Crippen LogP contribution in [0.15, 0.2) is 158 Å². The molecule has 4 nitrogen and oxygen atoms in total. The Kier molecular flexibility index (Phi) is 8.24. The van der Waals surface area contributed by atoms with Gasteiger partial charge in [0.2, 0.25) is 0 Å². The van der Waals surface area contributed by atoms with Gasteiger partial charge in [0.15, 0.2) is 0 Å². The second-order valence-corrected chi connectivity index (χ2v) is 18.6. The van der Waals surface area contributed by atoms with Crippen LogP contribution in [0, 0.1) is 12.9 Å². The molecule has 2 aromatic heterocycles. The Morgan fingerprint density at radius 1 is 0.632 bits per heavy atom. The Morgan fingerprint density at radius 3 is 2.04 bits per heavy atom. The van der Waals surface area contributed by atoms with E-state index in [1.807, 2.05) is 111 Å². The van der Waals surface area contributed by atoms with Gasteiger partial charge >= 0.3 is 0 Å². The van der Waals surface area contributed by atoms with E-state index < -0.39 is 91.9 Å². The summed E-state index contributed by atoms with van der Waals surface area (Å²) in [5.74, 6) is 0.197. The number of fused-ring (bicyclic) bond motifs is 1. The van der Waals surface area contributed by atoms with Crippen molar-refractivity contribution >= 4 is 11.0 Å². The Morgan fingerprint density at radius 2 is 1.37 bits per heavy atom.